The zero-order valence-electron chi connectivity index (χ0n) is 11.8. The molecule has 1 fully saturated rings. The second-order valence-electron chi connectivity index (χ2n) is 5.48. The van der Waals surface area contributed by atoms with Crippen LogP contribution in [0.3, 0.4) is 0 Å². The van der Waals surface area contributed by atoms with Gasteiger partial charge in [-0.3, -0.25) is 4.79 Å². The molecule has 2 unspecified atom stereocenters. The van der Waals surface area contributed by atoms with E-state index in [1.165, 1.54) is 5.56 Å². The predicted octanol–water partition coefficient (Wildman–Crippen LogP) is 2.53. The van der Waals surface area contributed by atoms with Gasteiger partial charge in [0.05, 0.1) is 0 Å². The average molecular weight is 283 g/mol. The molecular weight excluding hydrogens is 260 g/mol. The smallest absolute Gasteiger partial charge is 0.254 e. The van der Waals surface area contributed by atoms with Crippen LogP contribution in [0.15, 0.2) is 18.2 Å². The molecule has 0 spiro atoms. The first-order chi connectivity index (χ1) is 8.49. The quantitative estimate of drug-likeness (QED) is 0.906. The van der Waals surface area contributed by atoms with Crippen LogP contribution in [0.25, 0.3) is 0 Å². The van der Waals surface area contributed by atoms with Crippen LogP contribution in [0.4, 0.5) is 0 Å². The lowest BCUT2D eigenvalue weighted by atomic mass is 10.0. The largest absolute Gasteiger partial charge is 0.338 e. The number of carbonyl (C=O) groups excluding carboxylic acids is 1. The second kappa shape index (κ2) is 6.40. The zero-order valence-corrected chi connectivity index (χ0v) is 12.7. The van der Waals surface area contributed by atoms with Crippen molar-refractivity contribution in [3.8, 4) is 0 Å². The summed E-state index contributed by atoms with van der Waals surface area (Å²) in [4.78, 5) is 14.4. The summed E-state index contributed by atoms with van der Waals surface area (Å²) in [6.45, 7) is 7.69. The van der Waals surface area contributed by atoms with Crippen LogP contribution in [0.5, 0.6) is 0 Å². The van der Waals surface area contributed by atoms with E-state index in [2.05, 4.69) is 6.07 Å². The molecule has 0 aromatic heterocycles. The predicted molar refractivity (Wildman–Crippen MR) is 80.8 cm³/mol. The minimum absolute atomic E-state index is 0. The summed E-state index contributed by atoms with van der Waals surface area (Å²) in [5.41, 5.74) is 8.99. The maximum absolute atomic E-state index is 12.4. The first kappa shape index (κ1) is 16.0. The molecule has 1 aromatic rings. The number of benzene rings is 1. The molecule has 0 radical (unpaired) electrons. The molecule has 4 heteroatoms. The van der Waals surface area contributed by atoms with E-state index in [9.17, 15) is 4.79 Å². The van der Waals surface area contributed by atoms with Gasteiger partial charge in [0.15, 0.2) is 0 Å². The molecule has 0 aliphatic carbocycles. The topological polar surface area (TPSA) is 46.3 Å². The van der Waals surface area contributed by atoms with Gasteiger partial charge in [0.1, 0.15) is 0 Å². The van der Waals surface area contributed by atoms with Crippen LogP contribution in [0.2, 0.25) is 0 Å². The number of nitrogens with zero attached hydrogens (tertiary/aromatic N) is 1. The van der Waals surface area contributed by atoms with Crippen molar-refractivity contribution < 1.29 is 4.79 Å². The van der Waals surface area contributed by atoms with E-state index in [1.54, 1.807) is 0 Å². The van der Waals surface area contributed by atoms with E-state index in [4.69, 9.17) is 5.73 Å². The Morgan fingerprint density at radius 3 is 2.63 bits per heavy atom. The van der Waals surface area contributed by atoms with Crippen molar-refractivity contribution in [3.05, 3.63) is 34.9 Å². The van der Waals surface area contributed by atoms with Gasteiger partial charge in [-0.2, -0.15) is 0 Å². The fourth-order valence-electron chi connectivity index (χ4n) is 2.62. The minimum Gasteiger partial charge on any atom is -0.338 e. The first-order valence-electron chi connectivity index (χ1n) is 6.61. The van der Waals surface area contributed by atoms with Gasteiger partial charge in [-0.1, -0.05) is 17.7 Å². The number of likely N-dealkylation sites (tertiary alicyclic amines) is 1. The summed E-state index contributed by atoms with van der Waals surface area (Å²) in [6.07, 6.45) is 1.02. The van der Waals surface area contributed by atoms with Crippen molar-refractivity contribution >= 4 is 18.3 Å². The Kier molecular flexibility index (Phi) is 5.39. The average Bonchev–Trinajstić information content (AvgIpc) is 2.77. The Bertz CT molecular complexity index is 459. The summed E-state index contributed by atoms with van der Waals surface area (Å²) in [5.74, 6) is 0.593. The van der Waals surface area contributed by atoms with Crippen molar-refractivity contribution in [1.29, 1.82) is 0 Å². The normalized spacial score (nSPS) is 20.0. The highest BCUT2D eigenvalue weighted by atomic mass is 35.5. The second-order valence-corrected chi connectivity index (χ2v) is 5.48. The lowest BCUT2D eigenvalue weighted by molar-refractivity contribution is 0.0785. The number of hydrogen-bond acceptors (Lipinski definition) is 2. The third kappa shape index (κ3) is 3.48. The number of amides is 1. The van der Waals surface area contributed by atoms with Gasteiger partial charge < -0.3 is 10.6 Å². The third-order valence-corrected chi connectivity index (χ3v) is 3.87. The summed E-state index contributed by atoms with van der Waals surface area (Å²) in [5, 5.41) is 0. The van der Waals surface area contributed by atoms with Crippen molar-refractivity contribution in [3.63, 3.8) is 0 Å². The lowest BCUT2D eigenvalue weighted by Gasteiger charge is -2.19. The van der Waals surface area contributed by atoms with E-state index < -0.39 is 0 Å². The molecule has 3 nitrogen and oxygen atoms in total. The molecule has 0 saturated carbocycles. The van der Waals surface area contributed by atoms with E-state index in [-0.39, 0.29) is 24.4 Å². The highest BCUT2D eigenvalue weighted by molar-refractivity contribution is 5.95. The van der Waals surface area contributed by atoms with Crippen molar-refractivity contribution in [2.24, 2.45) is 11.7 Å². The van der Waals surface area contributed by atoms with Gasteiger partial charge in [-0.05, 0) is 44.7 Å². The van der Waals surface area contributed by atoms with E-state index in [0.29, 0.717) is 5.92 Å². The van der Waals surface area contributed by atoms with Crippen LogP contribution in [0.1, 0.15) is 34.8 Å². The molecule has 1 aliphatic rings. The number of aryl methyl sites for hydroxylation is 2. The van der Waals surface area contributed by atoms with Crippen LogP contribution >= 0.6 is 12.4 Å². The number of hydrogen-bond donors (Lipinski definition) is 1. The molecule has 106 valence electrons. The molecule has 1 aliphatic heterocycles. The van der Waals surface area contributed by atoms with Gasteiger partial charge in [0.2, 0.25) is 0 Å². The standard InChI is InChI=1S/C15H22N2O.ClH/c1-10-4-5-14(11(2)8-10)15(18)17-7-6-13(9-17)12(3)16;/h4-5,8,12-13H,6-7,9,16H2,1-3H3;1H. The lowest BCUT2D eigenvalue weighted by Crippen LogP contribution is -2.33. The van der Waals surface area contributed by atoms with Crippen LogP contribution < -0.4 is 5.73 Å². The third-order valence-electron chi connectivity index (χ3n) is 3.87. The van der Waals surface area contributed by atoms with Crippen molar-refractivity contribution in [2.75, 3.05) is 13.1 Å². The van der Waals surface area contributed by atoms with E-state index in [0.717, 1.165) is 30.6 Å². The maximum Gasteiger partial charge on any atom is 0.254 e. The minimum atomic E-state index is 0. The fourth-order valence-corrected chi connectivity index (χ4v) is 2.62. The molecule has 19 heavy (non-hydrogen) atoms. The number of rotatable bonds is 2. The molecule has 2 atom stereocenters. The highest BCUT2D eigenvalue weighted by Crippen LogP contribution is 2.22. The van der Waals surface area contributed by atoms with Gasteiger partial charge in [0.25, 0.3) is 5.91 Å². The summed E-state index contributed by atoms with van der Waals surface area (Å²) >= 11 is 0. The monoisotopic (exact) mass is 282 g/mol. The van der Waals surface area contributed by atoms with Crippen LogP contribution in [0, 0.1) is 19.8 Å². The fraction of sp³-hybridized carbons (Fsp3) is 0.533. The molecule has 1 saturated heterocycles. The van der Waals surface area contributed by atoms with Gasteiger partial charge in [0, 0.05) is 24.7 Å². The molecular formula is C15H23ClN2O. The number of carbonyl (C=O) groups is 1. The molecule has 1 heterocycles. The Labute approximate surface area is 121 Å². The number of halogens is 1. The summed E-state index contributed by atoms with van der Waals surface area (Å²) in [7, 11) is 0. The van der Waals surface area contributed by atoms with E-state index in [1.807, 2.05) is 37.8 Å². The molecule has 1 aromatic carbocycles. The van der Waals surface area contributed by atoms with Gasteiger partial charge >= 0.3 is 0 Å². The van der Waals surface area contributed by atoms with Crippen LogP contribution in [-0.4, -0.2) is 29.9 Å². The number of nitrogens with two attached hydrogens (primary N) is 1. The zero-order chi connectivity index (χ0) is 13.3. The van der Waals surface area contributed by atoms with Gasteiger partial charge in [-0.25, -0.2) is 0 Å². The molecule has 1 amide bonds. The molecule has 0 bridgehead atoms. The SMILES string of the molecule is Cc1ccc(C(=O)N2CCC(C(C)N)C2)c(C)c1.Cl. The Morgan fingerprint density at radius 1 is 1.42 bits per heavy atom. The van der Waals surface area contributed by atoms with Gasteiger partial charge in [-0.15, -0.1) is 12.4 Å². The molecule has 2 N–H and O–H groups in total. The maximum atomic E-state index is 12.4. The van der Waals surface area contributed by atoms with E-state index >= 15 is 0 Å². The first-order valence-corrected chi connectivity index (χ1v) is 6.61. The molecule has 2 rings (SSSR count). The summed E-state index contributed by atoms with van der Waals surface area (Å²) in [6, 6.07) is 6.17. The Hall–Kier alpha value is -1.06. The Balaban J connectivity index is 0.00000180. The Morgan fingerprint density at radius 2 is 2.11 bits per heavy atom. The van der Waals surface area contributed by atoms with Crippen LogP contribution in [-0.2, 0) is 0 Å². The van der Waals surface area contributed by atoms with Crippen molar-refractivity contribution in [2.45, 2.75) is 33.2 Å². The van der Waals surface area contributed by atoms with Crippen molar-refractivity contribution in [1.82, 2.24) is 4.90 Å². The summed E-state index contributed by atoms with van der Waals surface area (Å²) < 4.78 is 0. The highest BCUT2D eigenvalue weighted by Gasteiger charge is 2.29.